The lowest BCUT2D eigenvalue weighted by atomic mass is 10.00. The molecule has 0 saturated carbocycles. The van der Waals surface area contributed by atoms with Crippen LogP contribution in [0.15, 0.2) is 39.8 Å². The topological polar surface area (TPSA) is 71.7 Å². The summed E-state index contributed by atoms with van der Waals surface area (Å²) in [4.78, 5) is 4.67. The highest BCUT2D eigenvalue weighted by atomic mass is 127. The maximum atomic E-state index is 5.68. The lowest BCUT2D eigenvalue weighted by Gasteiger charge is -2.14. The Morgan fingerprint density at radius 2 is 1.96 bits per heavy atom. The van der Waals surface area contributed by atoms with E-state index in [-0.39, 0.29) is 29.9 Å². The first-order valence-corrected chi connectivity index (χ1v) is 8.74. The average molecular weight is 472 g/mol. The van der Waals surface area contributed by atoms with E-state index in [1.54, 1.807) is 0 Å². The molecule has 0 aliphatic rings. The molecule has 2 aromatic rings. The summed E-state index contributed by atoms with van der Waals surface area (Å²) in [6.45, 7) is 10.8. The number of halogens is 1. The Labute approximate surface area is 172 Å². The zero-order valence-corrected chi connectivity index (χ0v) is 18.2. The Bertz CT molecular complexity index is 654. The summed E-state index contributed by atoms with van der Waals surface area (Å²) < 4.78 is 10.9. The van der Waals surface area contributed by atoms with Crippen LogP contribution in [0.4, 0.5) is 0 Å². The molecule has 1 aromatic carbocycles. The van der Waals surface area contributed by atoms with Crippen LogP contribution in [0.1, 0.15) is 36.8 Å². The monoisotopic (exact) mass is 472 g/mol. The molecule has 1 atom stereocenters. The van der Waals surface area contributed by atoms with E-state index in [1.807, 2.05) is 44.2 Å². The van der Waals surface area contributed by atoms with Gasteiger partial charge in [0.15, 0.2) is 5.96 Å². The van der Waals surface area contributed by atoms with Crippen molar-refractivity contribution in [3.8, 4) is 5.75 Å². The van der Waals surface area contributed by atoms with Gasteiger partial charge in [-0.25, -0.2) is 0 Å². The highest BCUT2D eigenvalue weighted by molar-refractivity contribution is 14.0. The first kappa shape index (κ1) is 22.3. The van der Waals surface area contributed by atoms with Crippen molar-refractivity contribution in [1.29, 1.82) is 0 Å². The number of ether oxygens (including phenoxy) is 1. The fourth-order valence-electron chi connectivity index (χ4n) is 2.71. The van der Waals surface area contributed by atoms with Crippen LogP contribution < -0.4 is 15.4 Å². The Morgan fingerprint density at radius 3 is 2.58 bits per heavy atom. The van der Waals surface area contributed by atoms with E-state index in [1.165, 1.54) is 0 Å². The van der Waals surface area contributed by atoms with E-state index in [9.17, 15) is 0 Å². The van der Waals surface area contributed by atoms with Crippen LogP contribution in [0, 0.1) is 13.8 Å². The number of aryl methyl sites for hydroxylation is 2. The molecule has 7 heteroatoms. The minimum absolute atomic E-state index is 0. The second-order valence-electron chi connectivity index (χ2n) is 5.95. The molecule has 1 heterocycles. The molecule has 1 unspecified atom stereocenters. The van der Waals surface area contributed by atoms with Crippen molar-refractivity contribution in [2.24, 2.45) is 4.99 Å². The van der Waals surface area contributed by atoms with Crippen LogP contribution >= 0.6 is 24.0 Å². The molecule has 0 fully saturated rings. The number of hydrogen-bond acceptors (Lipinski definition) is 4. The fourth-order valence-corrected chi connectivity index (χ4v) is 2.71. The first-order valence-electron chi connectivity index (χ1n) is 8.74. The van der Waals surface area contributed by atoms with Crippen LogP contribution in [-0.2, 0) is 0 Å². The van der Waals surface area contributed by atoms with Gasteiger partial charge in [0.25, 0.3) is 0 Å². The summed E-state index contributed by atoms with van der Waals surface area (Å²) in [7, 11) is 0. The molecule has 26 heavy (non-hydrogen) atoms. The van der Waals surface area contributed by atoms with Crippen molar-refractivity contribution in [1.82, 2.24) is 15.8 Å². The zero-order valence-electron chi connectivity index (χ0n) is 15.9. The van der Waals surface area contributed by atoms with Crippen molar-refractivity contribution in [3.05, 3.63) is 47.3 Å². The van der Waals surface area contributed by atoms with Crippen LogP contribution in [0.5, 0.6) is 5.75 Å². The normalized spacial score (nSPS) is 12.2. The fraction of sp³-hybridized carbons (Fsp3) is 0.474. The molecule has 0 amide bonds. The molecular formula is C19H29IN4O2. The average Bonchev–Trinajstić information content (AvgIpc) is 2.95. The highest BCUT2D eigenvalue weighted by Crippen LogP contribution is 2.23. The molecule has 6 nitrogen and oxygen atoms in total. The number of aliphatic imine (C=N–C) groups is 1. The summed E-state index contributed by atoms with van der Waals surface area (Å²) >= 11 is 0. The minimum Gasteiger partial charge on any atom is -0.492 e. The molecule has 0 saturated heterocycles. The van der Waals surface area contributed by atoms with Crippen molar-refractivity contribution in [3.63, 3.8) is 0 Å². The second-order valence-corrected chi connectivity index (χ2v) is 5.95. The predicted octanol–water partition coefficient (Wildman–Crippen LogP) is 3.65. The van der Waals surface area contributed by atoms with Gasteiger partial charge in [-0.1, -0.05) is 30.3 Å². The highest BCUT2D eigenvalue weighted by Gasteiger charge is 2.16. The third-order valence-electron chi connectivity index (χ3n) is 3.86. The van der Waals surface area contributed by atoms with Gasteiger partial charge in [0.2, 0.25) is 0 Å². The first-order chi connectivity index (χ1) is 12.1. The van der Waals surface area contributed by atoms with Gasteiger partial charge >= 0.3 is 0 Å². The molecule has 0 bridgehead atoms. The van der Waals surface area contributed by atoms with Crippen LogP contribution in [0.3, 0.4) is 0 Å². The minimum atomic E-state index is 0. The standard InChI is InChI=1S/C19H28N4O2.HI/c1-5-20-19(21-11-12-24-17-9-7-6-8-10-17)22-13-14(2)18-15(3)23-25-16(18)4;/h6-10,14H,5,11-13H2,1-4H3,(H2,20,21,22);1H. The summed E-state index contributed by atoms with van der Waals surface area (Å²) in [5.74, 6) is 2.78. The SMILES string of the molecule is CCNC(=NCC(C)c1c(C)noc1C)NCCOc1ccccc1.I. The molecular weight excluding hydrogens is 443 g/mol. The summed E-state index contributed by atoms with van der Waals surface area (Å²) in [6, 6.07) is 9.80. The molecule has 0 spiro atoms. The van der Waals surface area contributed by atoms with Crippen molar-refractivity contribution in [2.75, 3.05) is 26.2 Å². The van der Waals surface area contributed by atoms with Gasteiger partial charge in [-0.2, -0.15) is 0 Å². The van der Waals surface area contributed by atoms with Gasteiger partial charge in [-0.15, -0.1) is 24.0 Å². The number of benzene rings is 1. The molecule has 2 rings (SSSR count). The third kappa shape index (κ3) is 6.86. The smallest absolute Gasteiger partial charge is 0.191 e. The summed E-state index contributed by atoms with van der Waals surface area (Å²) in [6.07, 6.45) is 0. The van der Waals surface area contributed by atoms with Gasteiger partial charge in [-0.3, -0.25) is 4.99 Å². The van der Waals surface area contributed by atoms with E-state index < -0.39 is 0 Å². The Balaban J connectivity index is 0.00000338. The number of para-hydroxylation sites is 1. The third-order valence-corrected chi connectivity index (χ3v) is 3.86. The maximum Gasteiger partial charge on any atom is 0.191 e. The van der Waals surface area contributed by atoms with E-state index in [2.05, 4.69) is 34.6 Å². The Morgan fingerprint density at radius 1 is 1.23 bits per heavy atom. The molecule has 1 aromatic heterocycles. The van der Waals surface area contributed by atoms with Gasteiger partial charge in [0, 0.05) is 24.6 Å². The van der Waals surface area contributed by atoms with Crippen molar-refractivity contribution in [2.45, 2.75) is 33.6 Å². The number of aromatic nitrogens is 1. The Hall–Kier alpha value is -1.77. The van der Waals surface area contributed by atoms with Gasteiger partial charge in [0.05, 0.1) is 12.2 Å². The van der Waals surface area contributed by atoms with E-state index in [0.717, 1.165) is 35.3 Å². The summed E-state index contributed by atoms with van der Waals surface area (Å²) in [5, 5.41) is 10.6. The molecule has 0 radical (unpaired) electrons. The largest absolute Gasteiger partial charge is 0.492 e. The van der Waals surface area contributed by atoms with Gasteiger partial charge in [0.1, 0.15) is 18.1 Å². The van der Waals surface area contributed by atoms with Crippen LogP contribution in [-0.4, -0.2) is 37.4 Å². The Kier molecular flexibility index (Phi) is 10.1. The maximum absolute atomic E-state index is 5.68. The van der Waals surface area contributed by atoms with E-state index >= 15 is 0 Å². The van der Waals surface area contributed by atoms with Crippen LogP contribution in [0.25, 0.3) is 0 Å². The van der Waals surface area contributed by atoms with Crippen molar-refractivity contribution >= 4 is 29.9 Å². The number of hydrogen-bond donors (Lipinski definition) is 2. The number of guanidine groups is 1. The number of nitrogens with one attached hydrogen (secondary N) is 2. The number of rotatable bonds is 8. The number of nitrogens with zero attached hydrogens (tertiary/aromatic N) is 2. The van der Waals surface area contributed by atoms with Gasteiger partial charge < -0.3 is 19.9 Å². The predicted molar refractivity (Wildman–Crippen MR) is 116 cm³/mol. The molecule has 2 N–H and O–H groups in total. The molecule has 0 aliphatic carbocycles. The van der Waals surface area contributed by atoms with Gasteiger partial charge in [-0.05, 0) is 32.9 Å². The molecule has 144 valence electrons. The second kappa shape index (κ2) is 11.8. The lowest BCUT2D eigenvalue weighted by Crippen LogP contribution is -2.39. The van der Waals surface area contributed by atoms with E-state index in [0.29, 0.717) is 19.7 Å². The van der Waals surface area contributed by atoms with Crippen LogP contribution in [0.2, 0.25) is 0 Å². The van der Waals surface area contributed by atoms with Crippen molar-refractivity contribution < 1.29 is 9.26 Å². The van der Waals surface area contributed by atoms with E-state index in [4.69, 9.17) is 9.26 Å². The molecule has 0 aliphatic heterocycles. The quantitative estimate of drug-likeness (QED) is 0.266. The summed E-state index contributed by atoms with van der Waals surface area (Å²) in [5.41, 5.74) is 2.08. The zero-order chi connectivity index (χ0) is 18.1. The lowest BCUT2D eigenvalue weighted by molar-refractivity contribution is 0.322.